The van der Waals surface area contributed by atoms with Gasteiger partial charge in [0.15, 0.2) is 0 Å². The van der Waals surface area contributed by atoms with E-state index in [1.165, 1.54) is 154 Å². The SMILES string of the molecule is C=CC=CCCCCCCCCC(CCCCC)OCCCCOCOCOCCCCOC(CCCCC)CCCCCCCCC=CC=C. The maximum absolute atomic E-state index is 6.32. The second-order valence-corrected chi connectivity index (χ2v) is 14.4. The first kappa shape index (κ1) is 49.8. The van der Waals surface area contributed by atoms with E-state index in [0.717, 1.165) is 38.9 Å². The van der Waals surface area contributed by atoms with Crippen LogP contribution in [0.15, 0.2) is 49.6 Å². The van der Waals surface area contributed by atoms with Crippen molar-refractivity contribution in [2.75, 3.05) is 40.0 Å². The molecule has 51 heavy (non-hydrogen) atoms. The summed E-state index contributed by atoms with van der Waals surface area (Å²) in [5.41, 5.74) is 0. The lowest BCUT2D eigenvalue weighted by Gasteiger charge is -2.18. The molecule has 0 radical (unpaired) electrons. The number of hydrogen-bond acceptors (Lipinski definition) is 5. The molecule has 0 fully saturated rings. The Morgan fingerprint density at radius 3 is 1.14 bits per heavy atom. The predicted octanol–water partition coefficient (Wildman–Crippen LogP) is 14.2. The van der Waals surface area contributed by atoms with Crippen LogP contribution < -0.4 is 0 Å². The van der Waals surface area contributed by atoms with E-state index >= 15 is 0 Å². The fourth-order valence-corrected chi connectivity index (χ4v) is 6.32. The zero-order valence-corrected chi connectivity index (χ0v) is 34.1. The van der Waals surface area contributed by atoms with Crippen LogP contribution in [0.5, 0.6) is 0 Å². The van der Waals surface area contributed by atoms with Crippen LogP contribution in [-0.4, -0.2) is 52.2 Å². The Hall–Kier alpha value is -1.24. The molecule has 300 valence electrons. The van der Waals surface area contributed by atoms with E-state index in [2.05, 4.69) is 51.3 Å². The van der Waals surface area contributed by atoms with Crippen LogP contribution in [-0.2, 0) is 23.7 Å². The third-order valence-electron chi connectivity index (χ3n) is 9.50. The molecule has 0 saturated heterocycles. The topological polar surface area (TPSA) is 46.2 Å². The summed E-state index contributed by atoms with van der Waals surface area (Å²) in [6.45, 7) is 15.7. The molecule has 0 bridgehead atoms. The summed E-state index contributed by atoms with van der Waals surface area (Å²) >= 11 is 0. The van der Waals surface area contributed by atoms with Crippen LogP contribution in [0.25, 0.3) is 0 Å². The van der Waals surface area contributed by atoms with Crippen molar-refractivity contribution in [1.82, 2.24) is 0 Å². The third kappa shape index (κ3) is 41.4. The lowest BCUT2D eigenvalue weighted by Crippen LogP contribution is -2.15. The Morgan fingerprint density at radius 2 is 0.745 bits per heavy atom. The molecule has 5 nitrogen and oxygen atoms in total. The van der Waals surface area contributed by atoms with E-state index in [0.29, 0.717) is 39.0 Å². The maximum Gasteiger partial charge on any atom is 0.149 e. The quantitative estimate of drug-likeness (QED) is 0.0356. The molecule has 2 atom stereocenters. The van der Waals surface area contributed by atoms with Crippen LogP contribution in [0, 0.1) is 0 Å². The van der Waals surface area contributed by atoms with Crippen LogP contribution in [0.2, 0.25) is 0 Å². The van der Waals surface area contributed by atoms with Crippen molar-refractivity contribution < 1.29 is 23.7 Å². The van der Waals surface area contributed by atoms with Crippen molar-refractivity contribution in [3.63, 3.8) is 0 Å². The van der Waals surface area contributed by atoms with E-state index in [1.54, 1.807) is 0 Å². The number of hydrogen-bond donors (Lipinski definition) is 0. The average Bonchev–Trinajstić information content (AvgIpc) is 3.14. The Kier molecular flexibility index (Phi) is 43.8. The van der Waals surface area contributed by atoms with Gasteiger partial charge >= 0.3 is 0 Å². The molecule has 0 saturated carbocycles. The van der Waals surface area contributed by atoms with E-state index in [4.69, 9.17) is 23.7 Å². The maximum atomic E-state index is 6.32. The third-order valence-corrected chi connectivity index (χ3v) is 9.50. The highest BCUT2D eigenvalue weighted by Crippen LogP contribution is 2.18. The second-order valence-electron chi connectivity index (χ2n) is 14.4. The van der Waals surface area contributed by atoms with Crippen molar-refractivity contribution in [2.45, 2.75) is 206 Å². The fourth-order valence-electron chi connectivity index (χ4n) is 6.32. The van der Waals surface area contributed by atoms with Gasteiger partial charge in [-0.15, -0.1) is 0 Å². The summed E-state index contributed by atoms with van der Waals surface area (Å²) in [4.78, 5) is 0. The zero-order valence-electron chi connectivity index (χ0n) is 34.1. The van der Waals surface area contributed by atoms with Gasteiger partial charge in [-0.3, -0.25) is 0 Å². The summed E-state index contributed by atoms with van der Waals surface area (Å²) in [6.07, 6.45) is 48.0. The summed E-state index contributed by atoms with van der Waals surface area (Å²) in [5, 5.41) is 0. The van der Waals surface area contributed by atoms with Crippen molar-refractivity contribution in [2.24, 2.45) is 0 Å². The van der Waals surface area contributed by atoms with Gasteiger partial charge < -0.3 is 23.7 Å². The van der Waals surface area contributed by atoms with Gasteiger partial charge in [-0.25, -0.2) is 0 Å². The van der Waals surface area contributed by atoms with Crippen LogP contribution in [0.1, 0.15) is 194 Å². The highest BCUT2D eigenvalue weighted by molar-refractivity contribution is 4.97. The minimum Gasteiger partial charge on any atom is -0.378 e. The Balaban J connectivity index is 3.75. The Labute approximate surface area is 318 Å². The van der Waals surface area contributed by atoms with Gasteiger partial charge in [-0.2, -0.15) is 0 Å². The lowest BCUT2D eigenvalue weighted by atomic mass is 10.0. The van der Waals surface area contributed by atoms with E-state index in [-0.39, 0.29) is 0 Å². The number of allylic oxidation sites excluding steroid dienone is 6. The summed E-state index contributed by atoms with van der Waals surface area (Å²) in [5.74, 6) is 0. The molecule has 0 heterocycles. The Morgan fingerprint density at radius 1 is 0.392 bits per heavy atom. The second kappa shape index (κ2) is 44.9. The van der Waals surface area contributed by atoms with Crippen LogP contribution in [0.3, 0.4) is 0 Å². The molecular weight excluding hydrogens is 633 g/mol. The summed E-state index contributed by atoms with van der Waals surface area (Å²) < 4.78 is 29.5. The Bertz CT molecular complexity index is 675. The molecule has 0 rings (SSSR count). The largest absolute Gasteiger partial charge is 0.378 e. The first-order chi connectivity index (χ1) is 25.3. The minimum atomic E-state index is 0.293. The molecule has 0 aliphatic heterocycles. The normalized spacial score (nSPS) is 13.1. The predicted molar refractivity (Wildman–Crippen MR) is 222 cm³/mol. The van der Waals surface area contributed by atoms with Crippen molar-refractivity contribution in [1.29, 1.82) is 0 Å². The van der Waals surface area contributed by atoms with Gasteiger partial charge in [0.1, 0.15) is 13.6 Å². The van der Waals surface area contributed by atoms with E-state index in [1.807, 2.05) is 12.2 Å². The molecule has 0 aromatic carbocycles. The van der Waals surface area contributed by atoms with Crippen LogP contribution >= 0.6 is 0 Å². The molecule has 0 N–H and O–H groups in total. The standard InChI is InChI=1S/C46H86O5/c1-5-9-13-15-17-19-21-23-25-29-37-45(35-27-11-7-3)50-41-33-31-39-47-43-49-44-48-40-32-34-42-51-46(36-28-12-8-4)38-30-26-24-22-20-18-16-14-10-6-2/h5-6,9-10,13-14,45-46H,1-2,7-8,11-12,15-44H2,3-4H3. The first-order valence-electron chi connectivity index (χ1n) is 21.8. The zero-order chi connectivity index (χ0) is 37.0. The molecular formula is C46H86O5. The number of ether oxygens (including phenoxy) is 5. The molecule has 0 aliphatic carbocycles. The first-order valence-corrected chi connectivity index (χ1v) is 21.8. The van der Waals surface area contributed by atoms with Crippen LogP contribution in [0.4, 0.5) is 0 Å². The average molecular weight is 719 g/mol. The molecule has 0 aromatic heterocycles. The molecule has 5 heteroatoms. The van der Waals surface area contributed by atoms with Gasteiger partial charge in [-0.1, -0.05) is 166 Å². The lowest BCUT2D eigenvalue weighted by molar-refractivity contribution is -0.132. The molecule has 2 unspecified atom stereocenters. The fraction of sp³-hybridized carbons (Fsp3) is 0.826. The van der Waals surface area contributed by atoms with E-state index in [9.17, 15) is 0 Å². The highest BCUT2D eigenvalue weighted by Gasteiger charge is 2.10. The van der Waals surface area contributed by atoms with Crippen molar-refractivity contribution >= 4 is 0 Å². The van der Waals surface area contributed by atoms with E-state index < -0.39 is 0 Å². The van der Waals surface area contributed by atoms with Gasteiger partial charge in [0, 0.05) is 26.4 Å². The molecule has 0 aliphatic rings. The monoisotopic (exact) mass is 719 g/mol. The number of unbranched alkanes of at least 4 members (excludes halogenated alkanes) is 18. The van der Waals surface area contributed by atoms with Crippen molar-refractivity contribution in [3.8, 4) is 0 Å². The summed E-state index contributed by atoms with van der Waals surface area (Å²) in [6, 6.07) is 0. The van der Waals surface area contributed by atoms with Gasteiger partial charge in [0.25, 0.3) is 0 Å². The van der Waals surface area contributed by atoms with Crippen molar-refractivity contribution in [3.05, 3.63) is 49.6 Å². The molecule has 0 amide bonds. The smallest absolute Gasteiger partial charge is 0.149 e. The summed E-state index contributed by atoms with van der Waals surface area (Å²) in [7, 11) is 0. The minimum absolute atomic E-state index is 0.293. The molecule has 0 aromatic rings. The number of rotatable bonds is 44. The van der Waals surface area contributed by atoms with Gasteiger partial charge in [0.05, 0.1) is 12.2 Å². The van der Waals surface area contributed by atoms with Gasteiger partial charge in [-0.05, 0) is 77.0 Å². The van der Waals surface area contributed by atoms with Gasteiger partial charge in [0.2, 0.25) is 0 Å². The molecule has 0 spiro atoms. The highest BCUT2D eigenvalue weighted by atomic mass is 16.7.